The maximum absolute atomic E-state index is 11.5. The number of nitro groups is 1. The van der Waals surface area contributed by atoms with E-state index in [0.29, 0.717) is 23.5 Å². The van der Waals surface area contributed by atoms with Gasteiger partial charge in [0.05, 0.1) is 16.6 Å². The van der Waals surface area contributed by atoms with Crippen LogP contribution in [0.15, 0.2) is 24.8 Å². The van der Waals surface area contributed by atoms with Crippen molar-refractivity contribution in [3.63, 3.8) is 0 Å². The molecule has 1 fully saturated rings. The van der Waals surface area contributed by atoms with Gasteiger partial charge in [0.1, 0.15) is 0 Å². The van der Waals surface area contributed by atoms with Crippen molar-refractivity contribution in [1.29, 1.82) is 0 Å². The van der Waals surface area contributed by atoms with Crippen molar-refractivity contribution in [3.05, 3.63) is 40.5 Å². The molecule has 0 amide bonds. The van der Waals surface area contributed by atoms with Crippen LogP contribution in [0.5, 0.6) is 11.5 Å². The molecule has 0 bridgehead atoms. The van der Waals surface area contributed by atoms with E-state index in [-0.39, 0.29) is 48.3 Å². The molecule has 9 heteroatoms. The van der Waals surface area contributed by atoms with Gasteiger partial charge in [0, 0.05) is 32.2 Å². The van der Waals surface area contributed by atoms with E-state index in [9.17, 15) is 10.1 Å². The van der Waals surface area contributed by atoms with Crippen LogP contribution in [0, 0.1) is 10.1 Å². The average Bonchev–Trinajstić information content (AvgIpc) is 2.99. The van der Waals surface area contributed by atoms with E-state index >= 15 is 0 Å². The average molecular weight is 378 g/mol. The first-order valence-electron chi connectivity index (χ1n) is 7.34. The van der Waals surface area contributed by atoms with Gasteiger partial charge in [-0.1, -0.05) is 6.08 Å². The lowest BCUT2D eigenvalue weighted by atomic mass is 9.98. The van der Waals surface area contributed by atoms with Crippen molar-refractivity contribution >= 4 is 30.5 Å². The number of fused-ring (bicyclic) bond motifs is 1. The maximum atomic E-state index is 11.5. The number of rotatable bonds is 5. The molecule has 24 heavy (non-hydrogen) atoms. The summed E-state index contributed by atoms with van der Waals surface area (Å²) >= 11 is 0. The van der Waals surface area contributed by atoms with Gasteiger partial charge in [0.2, 0.25) is 6.79 Å². The first kappa shape index (κ1) is 20.5. The third kappa shape index (κ3) is 4.10. The molecule has 0 aliphatic carbocycles. The standard InChI is InChI=1S/C15H19N3O4.2ClH/c1-2-3-12(17-6-4-16-5-7-17)11-8-14-15(22-10-21-14)9-13(11)18(19)20;;/h2,8-9,12,16H,1,3-7,10H2;2*1H/t12-;;/m1../s1. The van der Waals surface area contributed by atoms with Crippen molar-refractivity contribution in [2.75, 3.05) is 33.0 Å². The number of benzene rings is 1. The van der Waals surface area contributed by atoms with Gasteiger partial charge < -0.3 is 14.8 Å². The predicted molar refractivity (Wildman–Crippen MR) is 95.7 cm³/mol. The maximum Gasteiger partial charge on any atom is 0.278 e. The molecule has 1 aromatic carbocycles. The minimum Gasteiger partial charge on any atom is -0.454 e. The monoisotopic (exact) mass is 377 g/mol. The fourth-order valence-corrected chi connectivity index (χ4v) is 3.00. The van der Waals surface area contributed by atoms with Gasteiger partial charge in [-0.05, 0) is 12.5 Å². The third-order valence-electron chi connectivity index (χ3n) is 4.06. The molecule has 1 aromatic rings. The van der Waals surface area contributed by atoms with Crippen molar-refractivity contribution < 1.29 is 14.4 Å². The van der Waals surface area contributed by atoms with Gasteiger partial charge in [0.15, 0.2) is 11.5 Å². The third-order valence-corrected chi connectivity index (χ3v) is 4.06. The van der Waals surface area contributed by atoms with Crippen LogP contribution >= 0.6 is 24.8 Å². The van der Waals surface area contributed by atoms with Crippen molar-refractivity contribution in [2.24, 2.45) is 0 Å². The highest BCUT2D eigenvalue weighted by atomic mass is 35.5. The van der Waals surface area contributed by atoms with Crippen LogP contribution < -0.4 is 14.8 Å². The van der Waals surface area contributed by atoms with Gasteiger partial charge in [-0.2, -0.15) is 0 Å². The molecular weight excluding hydrogens is 357 g/mol. The molecule has 2 aliphatic heterocycles. The molecule has 1 atom stereocenters. The molecule has 2 aliphatic rings. The smallest absolute Gasteiger partial charge is 0.278 e. The van der Waals surface area contributed by atoms with Crippen LogP contribution in [-0.2, 0) is 0 Å². The molecule has 1 saturated heterocycles. The van der Waals surface area contributed by atoms with Gasteiger partial charge in [-0.3, -0.25) is 15.0 Å². The van der Waals surface area contributed by atoms with Crippen LogP contribution in [0.4, 0.5) is 5.69 Å². The van der Waals surface area contributed by atoms with E-state index < -0.39 is 0 Å². The van der Waals surface area contributed by atoms with Crippen LogP contribution in [-0.4, -0.2) is 42.8 Å². The number of halogens is 2. The molecule has 0 radical (unpaired) electrons. The lowest BCUT2D eigenvalue weighted by molar-refractivity contribution is -0.386. The normalized spacial score (nSPS) is 17.3. The summed E-state index contributed by atoms with van der Waals surface area (Å²) in [5.74, 6) is 1.01. The van der Waals surface area contributed by atoms with Crippen LogP contribution in [0.3, 0.4) is 0 Å². The Morgan fingerprint density at radius 2 is 1.92 bits per heavy atom. The SMILES string of the molecule is C=CC[C@H](c1cc2c(cc1[N+](=O)[O-])OCO2)N1CCNCC1.Cl.Cl. The van der Waals surface area contributed by atoms with Gasteiger partial charge in [-0.15, -0.1) is 31.4 Å². The topological polar surface area (TPSA) is 76.9 Å². The number of piperazine rings is 1. The largest absolute Gasteiger partial charge is 0.454 e. The van der Waals surface area contributed by atoms with Crippen LogP contribution in [0.25, 0.3) is 0 Å². The molecule has 134 valence electrons. The summed E-state index contributed by atoms with van der Waals surface area (Å²) in [6, 6.07) is 3.14. The second-order valence-corrected chi connectivity index (χ2v) is 5.35. The Morgan fingerprint density at radius 3 is 2.50 bits per heavy atom. The fourth-order valence-electron chi connectivity index (χ4n) is 3.00. The Bertz CT molecular complexity index is 594. The summed E-state index contributed by atoms with van der Waals surface area (Å²) in [7, 11) is 0. The van der Waals surface area contributed by atoms with E-state index in [1.54, 1.807) is 12.1 Å². The molecular formula is C15H21Cl2N3O4. The molecule has 0 saturated carbocycles. The molecule has 0 unspecified atom stereocenters. The molecule has 2 heterocycles. The van der Waals surface area contributed by atoms with Gasteiger partial charge >= 0.3 is 0 Å². The summed E-state index contributed by atoms with van der Waals surface area (Å²) in [6.07, 6.45) is 2.46. The number of hydrogen-bond donors (Lipinski definition) is 1. The second kappa shape index (κ2) is 9.08. The summed E-state index contributed by atoms with van der Waals surface area (Å²) < 4.78 is 10.6. The minimum absolute atomic E-state index is 0. The van der Waals surface area contributed by atoms with E-state index in [1.165, 1.54) is 6.07 Å². The quantitative estimate of drug-likeness (QED) is 0.482. The predicted octanol–water partition coefficient (Wildman–Crippen LogP) is 2.69. The second-order valence-electron chi connectivity index (χ2n) is 5.35. The summed E-state index contributed by atoms with van der Waals surface area (Å²) in [5, 5.41) is 14.8. The molecule has 0 spiro atoms. The van der Waals surface area contributed by atoms with Gasteiger partial charge in [-0.25, -0.2) is 0 Å². The van der Waals surface area contributed by atoms with Crippen LogP contribution in [0.1, 0.15) is 18.0 Å². The van der Waals surface area contributed by atoms with E-state index in [0.717, 1.165) is 26.2 Å². The molecule has 0 aromatic heterocycles. The van der Waals surface area contributed by atoms with Crippen molar-refractivity contribution in [1.82, 2.24) is 10.2 Å². The number of nitrogens with zero attached hydrogens (tertiary/aromatic N) is 2. The molecule has 1 N–H and O–H groups in total. The van der Waals surface area contributed by atoms with Crippen LogP contribution in [0.2, 0.25) is 0 Å². The van der Waals surface area contributed by atoms with E-state index in [2.05, 4.69) is 16.8 Å². The molecule has 7 nitrogen and oxygen atoms in total. The number of nitrogens with one attached hydrogen (secondary N) is 1. The van der Waals surface area contributed by atoms with Crippen molar-refractivity contribution in [3.8, 4) is 11.5 Å². The zero-order valence-electron chi connectivity index (χ0n) is 13.1. The number of nitro benzene ring substituents is 1. The summed E-state index contributed by atoms with van der Waals surface area (Å²) in [6.45, 7) is 7.37. The lowest BCUT2D eigenvalue weighted by Crippen LogP contribution is -2.45. The fraction of sp³-hybridized carbons (Fsp3) is 0.467. The van der Waals surface area contributed by atoms with E-state index in [1.807, 2.05) is 0 Å². The van der Waals surface area contributed by atoms with Gasteiger partial charge in [0.25, 0.3) is 5.69 Å². The Labute approximate surface area is 153 Å². The highest BCUT2D eigenvalue weighted by molar-refractivity contribution is 5.85. The van der Waals surface area contributed by atoms with Crippen molar-refractivity contribution in [2.45, 2.75) is 12.5 Å². The Balaban J connectivity index is 0.00000144. The minimum atomic E-state index is -0.352. The number of hydrogen-bond acceptors (Lipinski definition) is 6. The Hall–Kier alpha value is -1.54. The summed E-state index contributed by atoms with van der Waals surface area (Å²) in [4.78, 5) is 13.4. The zero-order chi connectivity index (χ0) is 15.5. The highest BCUT2D eigenvalue weighted by Crippen LogP contribution is 2.42. The first-order valence-corrected chi connectivity index (χ1v) is 7.34. The van der Waals surface area contributed by atoms with E-state index in [4.69, 9.17) is 9.47 Å². The lowest BCUT2D eigenvalue weighted by Gasteiger charge is -2.34. The summed E-state index contributed by atoms with van der Waals surface area (Å²) in [5.41, 5.74) is 0.741. The Morgan fingerprint density at radius 1 is 1.29 bits per heavy atom. The number of ether oxygens (including phenoxy) is 2. The first-order chi connectivity index (χ1) is 10.7. The highest BCUT2D eigenvalue weighted by Gasteiger charge is 2.31. The zero-order valence-corrected chi connectivity index (χ0v) is 14.7. The molecule has 3 rings (SSSR count). The Kier molecular flexibility index (Phi) is 7.75.